The summed E-state index contributed by atoms with van der Waals surface area (Å²) in [5.74, 6) is 0.882. The van der Waals surface area contributed by atoms with E-state index in [-0.39, 0.29) is 11.9 Å². The highest BCUT2D eigenvalue weighted by Gasteiger charge is 2.29. The number of benzene rings is 1. The fraction of sp³-hybridized carbons (Fsp3) is 0.500. The van der Waals surface area contributed by atoms with Crippen molar-refractivity contribution in [2.24, 2.45) is 0 Å². The van der Waals surface area contributed by atoms with Crippen molar-refractivity contribution in [1.29, 1.82) is 0 Å². The fourth-order valence-corrected chi connectivity index (χ4v) is 6.65. The molecular formula is C28H40N8O3S. The van der Waals surface area contributed by atoms with E-state index in [1.54, 1.807) is 18.2 Å². The molecule has 2 aliphatic rings. The molecule has 3 N–H and O–H groups in total. The van der Waals surface area contributed by atoms with Gasteiger partial charge in [0.2, 0.25) is 0 Å². The zero-order valence-electron chi connectivity index (χ0n) is 23.7. The molecule has 3 aromatic rings. The summed E-state index contributed by atoms with van der Waals surface area (Å²) < 4.78 is 29.9. The number of rotatable bonds is 8. The normalized spacial score (nSPS) is 17.9. The van der Waals surface area contributed by atoms with Crippen LogP contribution in [0, 0.1) is 0 Å². The summed E-state index contributed by atoms with van der Waals surface area (Å²) in [6.07, 6.45) is 3.51. The average Bonchev–Trinajstić information content (AvgIpc) is 3.36. The van der Waals surface area contributed by atoms with Crippen LogP contribution in [0.5, 0.6) is 0 Å². The van der Waals surface area contributed by atoms with Gasteiger partial charge in [-0.15, -0.1) is 0 Å². The van der Waals surface area contributed by atoms with E-state index in [4.69, 9.17) is 0 Å². The van der Waals surface area contributed by atoms with E-state index in [2.05, 4.69) is 56.8 Å². The number of piperazine rings is 1. The summed E-state index contributed by atoms with van der Waals surface area (Å²) in [6.45, 7) is 7.85. The highest BCUT2D eigenvalue weighted by molar-refractivity contribution is 7.90. The number of nitrogens with one attached hydrogen (secondary N) is 3. The quantitative estimate of drug-likeness (QED) is 0.383. The molecule has 1 aromatic carbocycles. The van der Waals surface area contributed by atoms with Crippen LogP contribution in [0.25, 0.3) is 10.9 Å². The van der Waals surface area contributed by atoms with Crippen molar-refractivity contribution >= 4 is 44.2 Å². The highest BCUT2D eigenvalue weighted by Crippen LogP contribution is 2.28. The van der Waals surface area contributed by atoms with Crippen molar-refractivity contribution in [2.75, 3.05) is 68.3 Å². The molecule has 2 aliphatic heterocycles. The molecule has 4 heterocycles. The van der Waals surface area contributed by atoms with Crippen molar-refractivity contribution in [3.05, 3.63) is 48.3 Å². The number of hydrogen-bond donors (Lipinski definition) is 3. The van der Waals surface area contributed by atoms with Gasteiger partial charge in [-0.05, 0) is 70.1 Å². The van der Waals surface area contributed by atoms with E-state index >= 15 is 0 Å². The Labute approximate surface area is 236 Å². The average molecular weight is 569 g/mol. The molecule has 0 unspecified atom stereocenters. The fourth-order valence-electron chi connectivity index (χ4n) is 5.45. The summed E-state index contributed by atoms with van der Waals surface area (Å²) in [7, 11) is 0.421. The zero-order valence-corrected chi connectivity index (χ0v) is 24.5. The van der Waals surface area contributed by atoms with Crippen molar-refractivity contribution in [2.45, 2.75) is 38.8 Å². The summed E-state index contributed by atoms with van der Waals surface area (Å²) >= 11 is 0. The van der Waals surface area contributed by atoms with Crippen LogP contribution in [-0.2, 0) is 10.2 Å². The number of hydrogen-bond acceptors (Lipinski definition) is 7. The molecule has 40 heavy (non-hydrogen) atoms. The molecule has 5 rings (SSSR count). The molecule has 2 fully saturated rings. The predicted octanol–water partition coefficient (Wildman–Crippen LogP) is 3.03. The van der Waals surface area contributed by atoms with Crippen LogP contribution in [0.15, 0.2) is 42.6 Å². The van der Waals surface area contributed by atoms with E-state index < -0.39 is 10.2 Å². The lowest BCUT2D eigenvalue weighted by atomic mass is 10.0. The van der Waals surface area contributed by atoms with Crippen molar-refractivity contribution in [1.82, 2.24) is 24.1 Å². The summed E-state index contributed by atoms with van der Waals surface area (Å²) in [4.78, 5) is 27.4. The smallest absolute Gasteiger partial charge is 0.301 e. The number of nitrogens with zero attached hydrogens (tertiary/aromatic N) is 5. The van der Waals surface area contributed by atoms with E-state index in [1.165, 1.54) is 4.31 Å². The second kappa shape index (κ2) is 11.6. The molecule has 0 saturated carbocycles. The van der Waals surface area contributed by atoms with E-state index in [0.717, 1.165) is 35.2 Å². The van der Waals surface area contributed by atoms with Gasteiger partial charge in [0.1, 0.15) is 5.69 Å². The number of anilines is 3. The maximum Gasteiger partial charge on any atom is 0.301 e. The Kier molecular flexibility index (Phi) is 8.20. The molecule has 11 nitrogen and oxygen atoms in total. The number of likely N-dealkylation sites (tertiary alicyclic amines) is 1. The second-order valence-corrected chi connectivity index (χ2v) is 12.8. The minimum absolute atomic E-state index is 0.0446. The molecule has 2 saturated heterocycles. The summed E-state index contributed by atoms with van der Waals surface area (Å²) in [5.41, 5.74) is 2.80. The molecule has 1 amide bonds. The van der Waals surface area contributed by atoms with Gasteiger partial charge in [-0.3, -0.25) is 9.52 Å². The highest BCUT2D eigenvalue weighted by atomic mass is 32.2. The SMILES string of the molecule is CC(C)Nc1cccnc1N(C)C1CCN(C(=O)c2cc3cc(NS(=O)(=O)N4CCN(C)CC4)ccc3[nH]2)CC1. The zero-order chi connectivity index (χ0) is 28.4. The topological polar surface area (TPSA) is 117 Å². The first-order chi connectivity index (χ1) is 19.1. The van der Waals surface area contributed by atoms with Gasteiger partial charge in [0, 0.05) is 75.5 Å². The number of H-pyrrole nitrogens is 1. The van der Waals surface area contributed by atoms with Crippen LogP contribution in [0.4, 0.5) is 17.2 Å². The van der Waals surface area contributed by atoms with E-state index in [9.17, 15) is 13.2 Å². The van der Waals surface area contributed by atoms with Gasteiger partial charge >= 0.3 is 10.2 Å². The number of piperidine rings is 1. The molecule has 12 heteroatoms. The van der Waals surface area contributed by atoms with E-state index in [1.807, 2.05) is 30.3 Å². The van der Waals surface area contributed by atoms with Crippen LogP contribution in [0.3, 0.4) is 0 Å². The molecular weight excluding hydrogens is 528 g/mol. The monoisotopic (exact) mass is 568 g/mol. The van der Waals surface area contributed by atoms with Crippen molar-refractivity contribution < 1.29 is 13.2 Å². The third kappa shape index (κ3) is 6.18. The maximum atomic E-state index is 13.4. The number of fused-ring (bicyclic) bond motifs is 1. The minimum Gasteiger partial charge on any atom is -0.380 e. The lowest BCUT2D eigenvalue weighted by Gasteiger charge is -2.37. The molecule has 0 atom stereocenters. The van der Waals surface area contributed by atoms with Crippen LogP contribution in [0.2, 0.25) is 0 Å². The summed E-state index contributed by atoms with van der Waals surface area (Å²) in [6, 6.07) is 11.7. The molecule has 0 radical (unpaired) electrons. The van der Waals surface area contributed by atoms with Gasteiger partial charge in [-0.1, -0.05) is 0 Å². The number of carbonyl (C=O) groups is 1. The van der Waals surface area contributed by atoms with E-state index in [0.29, 0.717) is 56.7 Å². The maximum absolute atomic E-state index is 13.4. The Balaban J connectivity index is 1.22. The molecule has 0 spiro atoms. The summed E-state index contributed by atoms with van der Waals surface area (Å²) in [5, 5.41) is 4.26. The molecule has 0 bridgehead atoms. The number of pyridine rings is 1. The molecule has 2 aromatic heterocycles. The third-order valence-corrected chi connectivity index (χ3v) is 9.30. The number of aromatic amines is 1. The number of aromatic nitrogens is 2. The van der Waals surface area contributed by atoms with Gasteiger partial charge in [-0.2, -0.15) is 12.7 Å². The first-order valence-electron chi connectivity index (χ1n) is 13.9. The van der Waals surface area contributed by atoms with Crippen LogP contribution >= 0.6 is 0 Å². The predicted molar refractivity (Wildman–Crippen MR) is 160 cm³/mol. The van der Waals surface area contributed by atoms with Gasteiger partial charge in [0.25, 0.3) is 5.91 Å². The minimum atomic E-state index is -3.64. The first-order valence-corrected chi connectivity index (χ1v) is 15.4. The van der Waals surface area contributed by atoms with Gasteiger partial charge in [0.05, 0.1) is 11.4 Å². The third-order valence-electron chi connectivity index (χ3n) is 7.76. The van der Waals surface area contributed by atoms with Gasteiger partial charge < -0.3 is 25.0 Å². The Bertz CT molecular complexity index is 1440. The molecule has 0 aliphatic carbocycles. The Hall–Kier alpha value is -3.35. The van der Waals surface area contributed by atoms with Gasteiger partial charge in [0.15, 0.2) is 5.82 Å². The Morgan fingerprint density at radius 3 is 2.50 bits per heavy atom. The van der Waals surface area contributed by atoms with Crippen molar-refractivity contribution in [3.63, 3.8) is 0 Å². The molecule has 216 valence electrons. The number of carbonyl (C=O) groups excluding carboxylic acids is 1. The largest absolute Gasteiger partial charge is 0.380 e. The van der Waals surface area contributed by atoms with Crippen LogP contribution < -0.4 is 14.9 Å². The van der Waals surface area contributed by atoms with Gasteiger partial charge in [-0.25, -0.2) is 4.98 Å². The lowest BCUT2D eigenvalue weighted by Crippen LogP contribution is -2.48. The Morgan fingerprint density at radius 1 is 1.07 bits per heavy atom. The van der Waals surface area contributed by atoms with Crippen molar-refractivity contribution in [3.8, 4) is 0 Å². The standard InChI is InChI=1S/C28H40N8O3S/c1-20(2)30-25-6-5-11-29-27(25)34(4)23-9-12-35(13-10-23)28(37)26-19-21-18-22(7-8-24(21)31-26)32-40(38,39)36-16-14-33(3)15-17-36/h5-8,11,18-20,23,30-32H,9-10,12-17H2,1-4H3. The number of likely N-dealkylation sites (N-methyl/N-ethyl adjacent to an activating group) is 1. The second-order valence-electron chi connectivity index (χ2n) is 11.1. The lowest BCUT2D eigenvalue weighted by molar-refractivity contribution is 0.0708. The van der Waals surface area contributed by atoms with Crippen LogP contribution in [-0.4, -0.2) is 104 Å². The number of amides is 1. The first kappa shape index (κ1) is 28.2. The van der Waals surface area contributed by atoms with Crippen LogP contribution in [0.1, 0.15) is 37.2 Å². The Morgan fingerprint density at radius 2 is 1.80 bits per heavy atom.